The molecule has 0 aliphatic heterocycles. The molecule has 0 aliphatic rings. The second kappa shape index (κ2) is 7.93. The molecule has 0 aliphatic carbocycles. The number of ether oxygens (including phenoxy) is 1. The number of nitrogens with one attached hydrogen (secondary N) is 2. The summed E-state index contributed by atoms with van der Waals surface area (Å²) in [6, 6.07) is 8.33. The number of sulfonamides is 1. The summed E-state index contributed by atoms with van der Waals surface area (Å²) in [4.78, 5) is 8.16. The molecule has 0 spiro atoms. The third-order valence-electron chi connectivity index (χ3n) is 3.21. The lowest BCUT2D eigenvalue weighted by Gasteiger charge is -2.09. The lowest BCUT2D eigenvalue weighted by Crippen LogP contribution is -2.26. The highest BCUT2D eigenvalue weighted by Crippen LogP contribution is 2.14. The van der Waals surface area contributed by atoms with E-state index in [1.54, 1.807) is 30.3 Å². The molecule has 8 nitrogen and oxygen atoms in total. The molecule has 1 heterocycles. The Labute approximate surface area is 141 Å². The van der Waals surface area contributed by atoms with Gasteiger partial charge in [-0.25, -0.2) is 13.1 Å². The number of benzene rings is 1. The van der Waals surface area contributed by atoms with Gasteiger partial charge >= 0.3 is 0 Å². The van der Waals surface area contributed by atoms with Gasteiger partial charge in [-0.2, -0.15) is 9.97 Å². The van der Waals surface area contributed by atoms with E-state index < -0.39 is 10.0 Å². The van der Waals surface area contributed by atoms with E-state index in [0.29, 0.717) is 31.2 Å². The second-order valence-corrected chi connectivity index (χ2v) is 6.91. The largest absolute Gasteiger partial charge is 0.481 e. The topological polar surface area (TPSA) is 119 Å². The van der Waals surface area contributed by atoms with Gasteiger partial charge in [0.2, 0.25) is 21.9 Å². The highest BCUT2D eigenvalue weighted by atomic mass is 32.2. The molecule has 0 atom stereocenters. The van der Waals surface area contributed by atoms with E-state index in [4.69, 9.17) is 10.5 Å². The summed E-state index contributed by atoms with van der Waals surface area (Å²) in [7, 11) is -1.99. The van der Waals surface area contributed by atoms with Gasteiger partial charge in [0.25, 0.3) is 0 Å². The van der Waals surface area contributed by atoms with Gasteiger partial charge in [0.15, 0.2) is 0 Å². The Kier molecular flexibility index (Phi) is 5.93. The standard InChI is InChI=1S/C15H21N5O3S/c1-11-4-6-12(7-5-11)24(21,22)18-9-3-8-17-13-10-14(23-2)20-15(16)19-13/h4-7,10,18H,3,8-9H2,1-2H3,(H3,16,17,19,20). The normalized spacial score (nSPS) is 11.2. The van der Waals surface area contributed by atoms with Crippen LogP contribution in [0.4, 0.5) is 11.8 Å². The molecule has 4 N–H and O–H groups in total. The van der Waals surface area contributed by atoms with Gasteiger partial charge in [-0.1, -0.05) is 17.7 Å². The fourth-order valence-corrected chi connectivity index (χ4v) is 3.02. The van der Waals surface area contributed by atoms with Crippen LogP contribution in [0.2, 0.25) is 0 Å². The molecule has 0 amide bonds. The zero-order valence-corrected chi connectivity index (χ0v) is 14.4. The number of nitrogen functional groups attached to an aromatic ring is 1. The first-order chi connectivity index (χ1) is 11.4. The first-order valence-corrected chi connectivity index (χ1v) is 8.88. The molecular formula is C15H21N5O3S. The maximum atomic E-state index is 12.1. The first-order valence-electron chi connectivity index (χ1n) is 7.39. The molecule has 0 radical (unpaired) electrons. The number of methoxy groups -OCH3 is 1. The van der Waals surface area contributed by atoms with Crippen molar-refractivity contribution in [1.29, 1.82) is 0 Å². The van der Waals surface area contributed by atoms with Crippen molar-refractivity contribution in [2.45, 2.75) is 18.2 Å². The van der Waals surface area contributed by atoms with Crippen molar-refractivity contribution in [2.75, 3.05) is 31.2 Å². The monoisotopic (exact) mass is 351 g/mol. The van der Waals surface area contributed by atoms with Crippen molar-refractivity contribution in [3.8, 4) is 5.88 Å². The molecular weight excluding hydrogens is 330 g/mol. The van der Waals surface area contributed by atoms with Gasteiger partial charge in [0.1, 0.15) is 5.82 Å². The van der Waals surface area contributed by atoms with E-state index in [1.807, 2.05) is 6.92 Å². The summed E-state index contributed by atoms with van der Waals surface area (Å²) in [5, 5.41) is 3.05. The quantitative estimate of drug-likeness (QED) is 0.610. The Bertz CT molecular complexity index is 778. The van der Waals surface area contributed by atoms with Crippen molar-refractivity contribution < 1.29 is 13.2 Å². The summed E-state index contributed by atoms with van der Waals surface area (Å²) in [5.74, 6) is 1.00. The van der Waals surface area contributed by atoms with Gasteiger partial charge in [-0.3, -0.25) is 0 Å². The van der Waals surface area contributed by atoms with E-state index in [-0.39, 0.29) is 10.8 Å². The molecule has 2 aromatic rings. The van der Waals surface area contributed by atoms with Crippen LogP contribution in [-0.2, 0) is 10.0 Å². The fourth-order valence-electron chi connectivity index (χ4n) is 1.95. The number of aromatic nitrogens is 2. The van der Waals surface area contributed by atoms with Crippen molar-refractivity contribution >= 4 is 21.8 Å². The minimum Gasteiger partial charge on any atom is -0.481 e. The van der Waals surface area contributed by atoms with Crippen LogP contribution in [0.15, 0.2) is 35.2 Å². The number of aryl methyl sites for hydroxylation is 1. The predicted molar refractivity (Wildman–Crippen MR) is 92.5 cm³/mol. The van der Waals surface area contributed by atoms with Gasteiger partial charge in [0, 0.05) is 19.2 Å². The lowest BCUT2D eigenvalue weighted by molar-refractivity contribution is 0.398. The maximum absolute atomic E-state index is 12.1. The SMILES string of the molecule is COc1cc(NCCCNS(=O)(=O)c2ccc(C)cc2)nc(N)n1. The van der Waals surface area contributed by atoms with Crippen LogP contribution in [-0.4, -0.2) is 38.6 Å². The number of hydrogen-bond acceptors (Lipinski definition) is 7. The van der Waals surface area contributed by atoms with Crippen molar-refractivity contribution in [3.05, 3.63) is 35.9 Å². The first kappa shape index (κ1) is 18.0. The number of anilines is 2. The average molecular weight is 351 g/mol. The van der Waals surface area contributed by atoms with Crippen molar-refractivity contribution in [2.24, 2.45) is 0 Å². The summed E-state index contributed by atoms with van der Waals surface area (Å²) >= 11 is 0. The Balaban J connectivity index is 1.80. The molecule has 0 saturated carbocycles. The zero-order valence-electron chi connectivity index (χ0n) is 13.6. The van der Waals surface area contributed by atoms with Crippen LogP contribution >= 0.6 is 0 Å². The third-order valence-corrected chi connectivity index (χ3v) is 4.69. The van der Waals surface area contributed by atoms with E-state index in [2.05, 4.69) is 20.0 Å². The molecule has 1 aromatic heterocycles. The Hall–Kier alpha value is -2.39. The third kappa shape index (κ3) is 5.07. The molecule has 0 fully saturated rings. The minimum absolute atomic E-state index is 0.108. The molecule has 2 rings (SSSR count). The van der Waals surface area contributed by atoms with Crippen LogP contribution in [0.3, 0.4) is 0 Å². The molecule has 0 bridgehead atoms. The average Bonchev–Trinajstić information content (AvgIpc) is 2.54. The maximum Gasteiger partial charge on any atom is 0.240 e. The number of nitrogens with two attached hydrogens (primary N) is 1. The smallest absolute Gasteiger partial charge is 0.240 e. The van der Waals surface area contributed by atoms with Crippen molar-refractivity contribution in [3.63, 3.8) is 0 Å². The summed E-state index contributed by atoms with van der Waals surface area (Å²) in [5.41, 5.74) is 6.58. The Morgan fingerprint density at radius 1 is 1.17 bits per heavy atom. The highest BCUT2D eigenvalue weighted by Gasteiger charge is 2.12. The fraction of sp³-hybridized carbons (Fsp3) is 0.333. The number of hydrogen-bond donors (Lipinski definition) is 3. The van der Waals surface area contributed by atoms with Gasteiger partial charge in [-0.15, -0.1) is 0 Å². The molecule has 9 heteroatoms. The number of rotatable bonds is 8. The van der Waals surface area contributed by atoms with Gasteiger partial charge in [0.05, 0.1) is 12.0 Å². The molecule has 130 valence electrons. The summed E-state index contributed by atoms with van der Waals surface area (Å²) in [6.07, 6.45) is 0.581. The van der Waals surface area contributed by atoms with E-state index in [0.717, 1.165) is 5.56 Å². The second-order valence-electron chi connectivity index (χ2n) is 5.14. The van der Waals surface area contributed by atoms with E-state index in [9.17, 15) is 8.42 Å². The van der Waals surface area contributed by atoms with Crippen LogP contribution in [0.1, 0.15) is 12.0 Å². The molecule has 1 aromatic carbocycles. The molecule has 24 heavy (non-hydrogen) atoms. The summed E-state index contributed by atoms with van der Waals surface area (Å²) < 4.78 is 31.8. The highest BCUT2D eigenvalue weighted by molar-refractivity contribution is 7.89. The van der Waals surface area contributed by atoms with Crippen molar-refractivity contribution in [1.82, 2.24) is 14.7 Å². The van der Waals surface area contributed by atoms with Crippen LogP contribution in [0.25, 0.3) is 0 Å². The molecule has 0 saturated heterocycles. The van der Waals surface area contributed by atoms with Crippen LogP contribution < -0.4 is 20.5 Å². The number of nitrogens with zero attached hydrogens (tertiary/aromatic N) is 2. The lowest BCUT2D eigenvalue weighted by atomic mass is 10.2. The van der Waals surface area contributed by atoms with E-state index >= 15 is 0 Å². The molecule has 0 unspecified atom stereocenters. The van der Waals surface area contributed by atoms with E-state index in [1.165, 1.54) is 7.11 Å². The van der Waals surface area contributed by atoms with Crippen LogP contribution in [0.5, 0.6) is 5.88 Å². The minimum atomic E-state index is -3.48. The van der Waals surface area contributed by atoms with Gasteiger partial charge in [-0.05, 0) is 25.5 Å². The van der Waals surface area contributed by atoms with Crippen LogP contribution in [0, 0.1) is 6.92 Å². The Morgan fingerprint density at radius 2 is 1.88 bits per heavy atom. The zero-order chi connectivity index (χ0) is 17.6. The van der Waals surface area contributed by atoms with Gasteiger partial charge < -0.3 is 15.8 Å². The Morgan fingerprint density at radius 3 is 2.54 bits per heavy atom. The predicted octanol–water partition coefficient (Wildman–Crippen LogP) is 1.16. The summed E-state index contributed by atoms with van der Waals surface area (Å²) in [6.45, 7) is 2.74.